The van der Waals surface area contributed by atoms with E-state index in [-0.39, 0.29) is 34.8 Å². The number of morpholine rings is 1. The second-order valence-electron chi connectivity index (χ2n) is 5.79. The lowest BCUT2D eigenvalue weighted by Crippen LogP contribution is -2.53. The molecule has 1 aliphatic heterocycles. The van der Waals surface area contributed by atoms with Crippen LogP contribution in [-0.2, 0) is 14.8 Å². The van der Waals surface area contributed by atoms with Crippen molar-refractivity contribution in [3.05, 3.63) is 23.0 Å². The van der Waals surface area contributed by atoms with Crippen LogP contribution in [0.25, 0.3) is 0 Å². The van der Waals surface area contributed by atoms with Crippen molar-refractivity contribution in [2.75, 3.05) is 18.8 Å². The minimum Gasteiger partial charge on any atom is -0.396 e. The molecule has 1 saturated heterocycles. The van der Waals surface area contributed by atoms with Gasteiger partial charge >= 0.3 is 0 Å². The lowest BCUT2D eigenvalue weighted by atomic mass is 10.1. The first-order valence-electron chi connectivity index (χ1n) is 6.45. The molecule has 0 aliphatic carbocycles. The molecule has 0 radical (unpaired) electrons. The van der Waals surface area contributed by atoms with Gasteiger partial charge in [0.05, 0.1) is 22.4 Å². The van der Waals surface area contributed by atoms with Gasteiger partial charge in [-0.2, -0.15) is 4.31 Å². The molecule has 1 atom stereocenters. The molecule has 0 bridgehead atoms. The minimum atomic E-state index is -3.86. The lowest BCUT2D eigenvalue weighted by molar-refractivity contribution is -0.109. The Balaban J connectivity index is 2.45. The Morgan fingerprint density at radius 2 is 2.10 bits per heavy atom. The zero-order chi connectivity index (χ0) is 16.0. The van der Waals surface area contributed by atoms with Crippen LogP contribution in [0.4, 0.5) is 10.1 Å². The molecule has 1 heterocycles. The van der Waals surface area contributed by atoms with Crippen molar-refractivity contribution in [3.63, 3.8) is 0 Å². The fraction of sp³-hybridized carbons (Fsp3) is 0.538. The summed E-state index contributed by atoms with van der Waals surface area (Å²) in [6.07, 6.45) is -0.250. The van der Waals surface area contributed by atoms with Gasteiger partial charge in [-0.25, -0.2) is 12.8 Å². The molecule has 2 rings (SSSR count). The highest BCUT2D eigenvalue weighted by molar-refractivity contribution is 7.89. The van der Waals surface area contributed by atoms with Gasteiger partial charge in [0.15, 0.2) is 0 Å². The molecule has 1 fully saturated rings. The number of anilines is 1. The Hall–Kier alpha value is -0.890. The van der Waals surface area contributed by atoms with Gasteiger partial charge in [0.25, 0.3) is 0 Å². The number of sulfonamides is 1. The average molecular weight is 337 g/mol. The van der Waals surface area contributed by atoms with Crippen LogP contribution in [0, 0.1) is 5.82 Å². The van der Waals surface area contributed by atoms with Crippen LogP contribution < -0.4 is 5.73 Å². The second-order valence-corrected chi connectivity index (χ2v) is 8.10. The lowest BCUT2D eigenvalue weighted by Gasteiger charge is -2.40. The van der Waals surface area contributed by atoms with Crippen molar-refractivity contribution in [3.8, 4) is 0 Å². The van der Waals surface area contributed by atoms with Crippen LogP contribution in [0.2, 0.25) is 5.02 Å². The monoisotopic (exact) mass is 336 g/mol. The van der Waals surface area contributed by atoms with E-state index in [9.17, 15) is 12.8 Å². The second kappa shape index (κ2) is 5.39. The molecular weight excluding hydrogens is 319 g/mol. The van der Waals surface area contributed by atoms with Crippen LogP contribution in [0.1, 0.15) is 20.8 Å². The fourth-order valence-electron chi connectivity index (χ4n) is 2.46. The van der Waals surface area contributed by atoms with E-state index >= 15 is 0 Å². The molecule has 0 amide bonds. The van der Waals surface area contributed by atoms with Gasteiger partial charge < -0.3 is 10.5 Å². The van der Waals surface area contributed by atoms with Gasteiger partial charge in [-0.3, -0.25) is 0 Å². The molecule has 2 N–H and O–H groups in total. The summed E-state index contributed by atoms with van der Waals surface area (Å²) in [6, 6.07) is 1.97. The van der Waals surface area contributed by atoms with E-state index < -0.39 is 21.4 Å². The van der Waals surface area contributed by atoms with Gasteiger partial charge in [0.2, 0.25) is 10.0 Å². The maximum atomic E-state index is 13.3. The molecular formula is C13H18ClFN2O3S. The third-order valence-electron chi connectivity index (χ3n) is 3.21. The maximum Gasteiger partial charge on any atom is 0.244 e. The summed E-state index contributed by atoms with van der Waals surface area (Å²) in [6.45, 7) is 5.81. The molecule has 1 aliphatic rings. The number of hydrogen-bond acceptors (Lipinski definition) is 4. The summed E-state index contributed by atoms with van der Waals surface area (Å²) < 4.78 is 45.7. The normalized spacial score (nSPS) is 23.2. The molecule has 21 heavy (non-hydrogen) atoms. The van der Waals surface area contributed by atoms with Gasteiger partial charge in [-0.05, 0) is 32.9 Å². The first kappa shape index (κ1) is 16.5. The molecule has 0 saturated carbocycles. The summed E-state index contributed by atoms with van der Waals surface area (Å²) in [4.78, 5) is -0.187. The zero-order valence-corrected chi connectivity index (χ0v) is 13.6. The maximum absolute atomic E-state index is 13.3. The Labute approximate surface area is 128 Å². The van der Waals surface area contributed by atoms with Gasteiger partial charge in [0, 0.05) is 13.1 Å². The topological polar surface area (TPSA) is 72.6 Å². The number of benzene rings is 1. The van der Waals surface area contributed by atoms with Crippen molar-refractivity contribution in [2.45, 2.75) is 37.4 Å². The number of nitrogens with two attached hydrogens (primary N) is 1. The number of halogens is 2. The highest BCUT2D eigenvalue weighted by Gasteiger charge is 2.38. The summed E-state index contributed by atoms with van der Waals surface area (Å²) in [7, 11) is -3.86. The van der Waals surface area contributed by atoms with Crippen LogP contribution in [0.3, 0.4) is 0 Å². The first-order valence-corrected chi connectivity index (χ1v) is 8.27. The predicted molar refractivity (Wildman–Crippen MR) is 79.2 cm³/mol. The molecule has 118 valence electrons. The molecule has 1 unspecified atom stereocenters. The molecule has 8 heteroatoms. The molecule has 1 aromatic carbocycles. The molecule has 1 aromatic rings. The average Bonchev–Trinajstić information content (AvgIpc) is 2.31. The van der Waals surface area contributed by atoms with E-state index in [1.165, 1.54) is 4.31 Å². The number of ether oxygens (including phenoxy) is 1. The number of rotatable bonds is 2. The fourth-order valence-corrected chi connectivity index (χ4v) is 4.65. The van der Waals surface area contributed by atoms with E-state index in [4.69, 9.17) is 22.1 Å². The number of hydrogen-bond donors (Lipinski definition) is 1. The summed E-state index contributed by atoms with van der Waals surface area (Å²) in [5, 5.41) is -0.182. The van der Waals surface area contributed by atoms with E-state index in [1.54, 1.807) is 6.92 Å². The van der Waals surface area contributed by atoms with E-state index in [0.717, 1.165) is 12.1 Å². The van der Waals surface area contributed by atoms with Crippen LogP contribution >= 0.6 is 11.6 Å². The van der Waals surface area contributed by atoms with E-state index in [0.29, 0.717) is 0 Å². The molecule has 0 aromatic heterocycles. The third kappa shape index (κ3) is 3.31. The van der Waals surface area contributed by atoms with Crippen molar-refractivity contribution in [1.82, 2.24) is 4.31 Å². The SMILES string of the molecule is CC1CN(S(=O)(=O)c2cc(N)c(F)cc2Cl)CC(C)(C)O1. The van der Waals surface area contributed by atoms with E-state index in [2.05, 4.69) is 0 Å². The Morgan fingerprint density at radius 3 is 2.67 bits per heavy atom. The number of nitrogens with zero attached hydrogens (tertiary/aromatic N) is 1. The van der Waals surface area contributed by atoms with Gasteiger partial charge in [-0.15, -0.1) is 0 Å². The van der Waals surface area contributed by atoms with Crippen molar-refractivity contribution < 1.29 is 17.5 Å². The Morgan fingerprint density at radius 1 is 1.48 bits per heavy atom. The third-order valence-corrected chi connectivity index (χ3v) is 5.48. The van der Waals surface area contributed by atoms with Crippen LogP contribution in [-0.4, -0.2) is 37.5 Å². The zero-order valence-electron chi connectivity index (χ0n) is 12.1. The number of nitrogen functional groups attached to an aromatic ring is 1. The Bertz CT molecular complexity index is 664. The largest absolute Gasteiger partial charge is 0.396 e. The minimum absolute atomic E-state index is 0.182. The van der Waals surface area contributed by atoms with Crippen LogP contribution in [0.5, 0.6) is 0 Å². The van der Waals surface area contributed by atoms with Crippen LogP contribution in [0.15, 0.2) is 17.0 Å². The summed E-state index contributed by atoms with van der Waals surface area (Å²) >= 11 is 5.88. The van der Waals surface area contributed by atoms with Crippen molar-refractivity contribution in [2.24, 2.45) is 0 Å². The van der Waals surface area contributed by atoms with Gasteiger partial charge in [-0.1, -0.05) is 11.6 Å². The summed E-state index contributed by atoms with van der Waals surface area (Å²) in [5.41, 5.74) is 4.60. The summed E-state index contributed by atoms with van der Waals surface area (Å²) in [5.74, 6) is -0.741. The molecule has 0 spiro atoms. The smallest absolute Gasteiger partial charge is 0.244 e. The highest BCUT2D eigenvalue weighted by atomic mass is 35.5. The Kier molecular flexibility index (Phi) is 4.23. The predicted octanol–water partition coefficient (Wildman–Crippen LogP) is 2.25. The first-order chi connectivity index (χ1) is 9.53. The molecule has 5 nitrogen and oxygen atoms in total. The standard InChI is InChI=1S/C13H18ClFN2O3S/c1-8-6-17(7-13(2,3)20-8)21(18,19)12-5-11(16)10(15)4-9(12)14/h4-5,8H,6-7,16H2,1-3H3. The van der Waals surface area contributed by atoms with E-state index in [1.807, 2.05) is 13.8 Å². The van der Waals surface area contributed by atoms with Gasteiger partial charge in [0.1, 0.15) is 10.7 Å². The highest BCUT2D eigenvalue weighted by Crippen LogP contribution is 2.32. The van der Waals surface area contributed by atoms with Crippen molar-refractivity contribution >= 4 is 27.3 Å². The van der Waals surface area contributed by atoms with Crippen molar-refractivity contribution in [1.29, 1.82) is 0 Å². The quantitative estimate of drug-likeness (QED) is 0.841.